The van der Waals surface area contributed by atoms with Crippen molar-refractivity contribution in [2.24, 2.45) is 35.5 Å². The molecule has 0 aromatic heterocycles. The number of likely N-dealkylation sites (tertiary alicyclic amines) is 2. The molecule has 2 N–H and O–H groups in total. The highest BCUT2D eigenvalue weighted by atomic mass is 16.7. The number of esters is 1. The maximum atomic E-state index is 13.8. The molecule has 53 heavy (non-hydrogen) atoms. The molecule has 12 unspecified atom stereocenters. The first-order valence-corrected chi connectivity index (χ1v) is 21.1. The van der Waals surface area contributed by atoms with Gasteiger partial charge in [0.2, 0.25) is 0 Å². The Morgan fingerprint density at radius 1 is 0.925 bits per heavy atom. The Kier molecular flexibility index (Phi) is 17.5. The summed E-state index contributed by atoms with van der Waals surface area (Å²) in [5.41, 5.74) is 0.974. The summed E-state index contributed by atoms with van der Waals surface area (Å²) in [7, 11) is 3.93. The van der Waals surface area contributed by atoms with Crippen molar-refractivity contribution in [1.29, 1.82) is 0 Å². The van der Waals surface area contributed by atoms with Crippen molar-refractivity contribution < 1.29 is 34.0 Å². The summed E-state index contributed by atoms with van der Waals surface area (Å²) in [6.45, 7) is 20.1. The second kappa shape index (κ2) is 21.0. The van der Waals surface area contributed by atoms with E-state index < -0.39 is 36.5 Å². The van der Waals surface area contributed by atoms with Crippen LogP contribution in [0.25, 0.3) is 0 Å². The SMILES string of the molecule is CCC1OC(=O)CC(O)C(C)C(OC2OC(C)C(C)C(N(C)C)C2O)C(CCN2CCC(C)CC2)CC(C)C(=O)/C=C/C(C)=C/C1CN1CCCCC1. The number of likely N-dealkylation sites (N-methyl/N-ethyl adjacent to an activating group) is 1. The van der Waals surface area contributed by atoms with E-state index >= 15 is 0 Å². The standard InChI is InChI=1S/C43H75N3O7/c1-10-38-35(27-46-19-12-11-13-20-46)24-29(3)14-15-36(47)30(4)25-34(18-23-45-21-16-28(2)17-22-45)42(32(6)37(48)26-39(49)52-38)53-43-41(50)40(44(8)9)31(5)33(7)51-43/h14-15,24,28,30-35,37-38,40-43,48,50H,10-13,16-23,25-27H2,1-9H3/b15-14+,29-24+. The van der Waals surface area contributed by atoms with Gasteiger partial charge in [0.05, 0.1) is 24.7 Å². The van der Waals surface area contributed by atoms with E-state index in [0.717, 1.165) is 64.1 Å². The monoisotopic (exact) mass is 746 g/mol. The number of carbonyl (C=O) groups is 2. The van der Waals surface area contributed by atoms with Gasteiger partial charge in [0, 0.05) is 36.3 Å². The smallest absolute Gasteiger partial charge is 0.308 e. The lowest BCUT2D eigenvalue weighted by Gasteiger charge is -2.47. The number of aliphatic hydroxyl groups is 2. The number of ether oxygens (including phenoxy) is 3. The van der Waals surface area contributed by atoms with Crippen LogP contribution in [-0.2, 0) is 23.8 Å². The number of piperidine rings is 2. The van der Waals surface area contributed by atoms with Crippen LogP contribution in [0.5, 0.6) is 0 Å². The third-order valence-corrected chi connectivity index (χ3v) is 13.0. The molecule has 4 aliphatic heterocycles. The van der Waals surface area contributed by atoms with Crippen molar-refractivity contribution in [3.05, 3.63) is 23.8 Å². The molecule has 0 aromatic rings. The van der Waals surface area contributed by atoms with Gasteiger partial charge >= 0.3 is 5.97 Å². The Morgan fingerprint density at radius 3 is 2.25 bits per heavy atom. The molecular weight excluding hydrogens is 670 g/mol. The highest BCUT2D eigenvalue weighted by molar-refractivity contribution is 5.91. The normalized spacial score (nSPS) is 40.1. The van der Waals surface area contributed by atoms with E-state index in [1.165, 1.54) is 19.3 Å². The summed E-state index contributed by atoms with van der Waals surface area (Å²) in [6, 6.07) is -0.190. The number of cyclic esters (lactones) is 1. The van der Waals surface area contributed by atoms with Crippen LogP contribution in [0.15, 0.2) is 23.8 Å². The molecule has 0 aliphatic carbocycles. The van der Waals surface area contributed by atoms with E-state index in [1.807, 2.05) is 59.7 Å². The van der Waals surface area contributed by atoms with Crippen LogP contribution in [0.4, 0.5) is 0 Å². The number of hydrogen-bond acceptors (Lipinski definition) is 10. The fourth-order valence-corrected chi connectivity index (χ4v) is 9.25. The molecule has 3 fully saturated rings. The number of hydrogen-bond donors (Lipinski definition) is 2. The van der Waals surface area contributed by atoms with Crippen molar-refractivity contribution in [2.75, 3.05) is 53.4 Å². The van der Waals surface area contributed by atoms with Crippen LogP contribution in [0.3, 0.4) is 0 Å². The van der Waals surface area contributed by atoms with Crippen LogP contribution < -0.4 is 0 Å². The Bertz CT molecular complexity index is 1200. The molecule has 4 heterocycles. The van der Waals surface area contributed by atoms with Crippen LogP contribution in [0.1, 0.15) is 106 Å². The summed E-state index contributed by atoms with van der Waals surface area (Å²) < 4.78 is 19.5. The van der Waals surface area contributed by atoms with Gasteiger partial charge in [-0.25, -0.2) is 0 Å². The third-order valence-electron chi connectivity index (χ3n) is 13.0. The highest BCUT2D eigenvalue weighted by Crippen LogP contribution is 2.36. The second-order valence-electron chi connectivity index (χ2n) is 17.6. The van der Waals surface area contributed by atoms with Crippen LogP contribution in [0, 0.1) is 35.5 Å². The number of carbonyl (C=O) groups excluding carboxylic acids is 2. The summed E-state index contributed by atoms with van der Waals surface area (Å²) in [4.78, 5) is 34.5. The van der Waals surface area contributed by atoms with Crippen LogP contribution in [0.2, 0.25) is 0 Å². The van der Waals surface area contributed by atoms with Gasteiger partial charge in [-0.15, -0.1) is 0 Å². The average Bonchev–Trinajstić information content (AvgIpc) is 3.12. The van der Waals surface area contributed by atoms with E-state index in [9.17, 15) is 19.8 Å². The molecule has 4 rings (SSSR count). The Labute approximate surface area is 321 Å². The fraction of sp³-hybridized carbons (Fsp3) is 0.860. The van der Waals surface area contributed by atoms with Crippen LogP contribution in [-0.4, -0.2) is 133 Å². The van der Waals surface area contributed by atoms with Crippen molar-refractivity contribution in [2.45, 2.75) is 149 Å². The van der Waals surface area contributed by atoms with Gasteiger partial charge in [-0.1, -0.05) is 58.8 Å². The van der Waals surface area contributed by atoms with E-state index in [1.54, 1.807) is 6.08 Å². The van der Waals surface area contributed by atoms with Gasteiger partial charge in [0.1, 0.15) is 12.2 Å². The zero-order valence-electron chi connectivity index (χ0n) is 34.6. The first-order valence-electron chi connectivity index (χ1n) is 21.1. The van der Waals surface area contributed by atoms with Crippen LogP contribution >= 0.6 is 0 Å². The van der Waals surface area contributed by atoms with Gasteiger partial charge in [-0.05, 0) is 124 Å². The zero-order valence-corrected chi connectivity index (χ0v) is 34.6. The topological polar surface area (TPSA) is 112 Å². The first-order chi connectivity index (χ1) is 25.2. The predicted octanol–water partition coefficient (Wildman–Crippen LogP) is 5.70. The van der Waals surface area contributed by atoms with Gasteiger partial charge in [0.25, 0.3) is 0 Å². The van der Waals surface area contributed by atoms with E-state index in [2.05, 4.69) is 29.7 Å². The lowest BCUT2D eigenvalue weighted by atomic mass is 9.79. The van der Waals surface area contributed by atoms with Crippen molar-refractivity contribution >= 4 is 11.8 Å². The molecule has 10 nitrogen and oxygen atoms in total. The Morgan fingerprint density at radius 2 is 1.60 bits per heavy atom. The summed E-state index contributed by atoms with van der Waals surface area (Å²) in [6.07, 6.45) is 9.45. The fourth-order valence-electron chi connectivity index (χ4n) is 9.25. The largest absolute Gasteiger partial charge is 0.462 e. The summed E-state index contributed by atoms with van der Waals surface area (Å²) in [5, 5.41) is 23.6. The molecule has 0 radical (unpaired) electrons. The molecule has 3 saturated heterocycles. The molecule has 12 atom stereocenters. The quantitative estimate of drug-likeness (QED) is 0.285. The van der Waals surface area contributed by atoms with Crippen molar-refractivity contribution in [3.63, 3.8) is 0 Å². The van der Waals surface area contributed by atoms with Gasteiger partial charge in [-0.2, -0.15) is 0 Å². The molecule has 0 spiro atoms. The van der Waals surface area contributed by atoms with Gasteiger partial charge in [0.15, 0.2) is 12.1 Å². The molecule has 0 bridgehead atoms. The van der Waals surface area contributed by atoms with Crippen molar-refractivity contribution in [1.82, 2.24) is 14.7 Å². The Balaban J connectivity index is 1.68. The minimum Gasteiger partial charge on any atom is -0.462 e. The minimum atomic E-state index is -1.05. The number of ketones is 1. The average molecular weight is 746 g/mol. The van der Waals surface area contributed by atoms with Gasteiger partial charge in [-0.3, -0.25) is 9.59 Å². The van der Waals surface area contributed by atoms with E-state index in [4.69, 9.17) is 14.2 Å². The van der Waals surface area contributed by atoms with E-state index in [-0.39, 0.29) is 54.1 Å². The number of aliphatic hydroxyl groups excluding tert-OH is 2. The Hall–Kier alpha value is -1.66. The van der Waals surface area contributed by atoms with Crippen molar-refractivity contribution in [3.8, 4) is 0 Å². The molecule has 4 aliphatic rings. The molecule has 10 heteroatoms. The molecule has 0 saturated carbocycles. The summed E-state index contributed by atoms with van der Waals surface area (Å²) >= 11 is 0. The minimum absolute atomic E-state index is 0.0427. The lowest BCUT2D eigenvalue weighted by Crippen LogP contribution is -2.60. The zero-order chi connectivity index (χ0) is 38.8. The first kappa shape index (κ1) is 44.1. The molecule has 0 aromatic carbocycles. The van der Waals surface area contributed by atoms with Gasteiger partial charge < -0.3 is 39.1 Å². The number of allylic oxidation sites excluding steroid dienone is 3. The summed E-state index contributed by atoms with van der Waals surface area (Å²) in [5.74, 6) is -0.562. The maximum Gasteiger partial charge on any atom is 0.308 e. The van der Waals surface area contributed by atoms with E-state index in [0.29, 0.717) is 18.8 Å². The predicted molar refractivity (Wildman–Crippen MR) is 210 cm³/mol. The second-order valence-corrected chi connectivity index (χ2v) is 17.6. The maximum absolute atomic E-state index is 13.8. The molecule has 0 amide bonds. The molecule has 304 valence electrons. The molecular formula is C43H75N3O7. The highest BCUT2D eigenvalue weighted by Gasteiger charge is 2.46. The number of nitrogens with zero attached hydrogens (tertiary/aromatic N) is 3. The third kappa shape index (κ3) is 12.7. The number of rotatable bonds is 9. The lowest BCUT2D eigenvalue weighted by molar-refractivity contribution is -0.295.